The predicted octanol–water partition coefficient (Wildman–Crippen LogP) is 2.09. The number of aliphatic hydroxyl groups excluding tert-OH is 1. The van der Waals surface area contributed by atoms with Crippen LogP contribution in [-0.4, -0.2) is 23.0 Å². The van der Waals surface area contributed by atoms with Crippen molar-refractivity contribution in [2.24, 2.45) is 0 Å². The minimum absolute atomic E-state index is 0.135. The first kappa shape index (κ1) is 9.80. The normalized spacial score (nSPS) is 25.4. The van der Waals surface area contributed by atoms with Crippen LogP contribution in [0.25, 0.3) is 0 Å². The van der Waals surface area contributed by atoms with E-state index in [2.05, 4.69) is 5.32 Å². The van der Waals surface area contributed by atoms with Crippen LogP contribution in [0, 0.1) is 5.82 Å². The number of halogens is 1. The van der Waals surface area contributed by atoms with Gasteiger partial charge in [0.05, 0.1) is 17.5 Å². The van der Waals surface area contributed by atoms with Crippen LogP contribution in [0.2, 0.25) is 0 Å². The molecule has 0 saturated carbocycles. The maximum absolute atomic E-state index is 12.9. The molecule has 2 unspecified atom stereocenters. The molecule has 2 atom stereocenters. The van der Waals surface area contributed by atoms with Crippen molar-refractivity contribution in [3.05, 3.63) is 24.0 Å². The minimum atomic E-state index is -0.230. The van der Waals surface area contributed by atoms with Gasteiger partial charge >= 0.3 is 0 Å². The summed E-state index contributed by atoms with van der Waals surface area (Å²) < 4.78 is 12.9. The van der Waals surface area contributed by atoms with Gasteiger partial charge in [0.15, 0.2) is 0 Å². The van der Waals surface area contributed by atoms with E-state index in [1.807, 2.05) is 6.92 Å². The van der Waals surface area contributed by atoms with Gasteiger partial charge < -0.3 is 10.4 Å². The number of nitrogens with one attached hydrogen (secondary N) is 1. The maximum atomic E-state index is 12.9. The Bertz CT molecular complexity index is 345. The van der Waals surface area contributed by atoms with Gasteiger partial charge in [0.1, 0.15) is 5.82 Å². The van der Waals surface area contributed by atoms with Crippen LogP contribution in [-0.2, 0) is 0 Å². The van der Waals surface area contributed by atoms with Gasteiger partial charge in [0, 0.05) is 10.9 Å². The third-order valence-corrected chi connectivity index (χ3v) is 3.81. The van der Waals surface area contributed by atoms with Gasteiger partial charge in [-0.05, 0) is 25.1 Å². The Balaban J connectivity index is 2.30. The van der Waals surface area contributed by atoms with Gasteiger partial charge in [-0.2, -0.15) is 0 Å². The largest absolute Gasteiger partial charge is 0.395 e. The summed E-state index contributed by atoms with van der Waals surface area (Å²) in [6.45, 7) is 2.12. The minimum Gasteiger partial charge on any atom is -0.395 e. The molecule has 0 amide bonds. The Morgan fingerprint density at radius 3 is 3.07 bits per heavy atom. The van der Waals surface area contributed by atoms with E-state index in [9.17, 15) is 4.39 Å². The molecule has 1 aromatic rings. The average Bonchev–Trinajstić information content (AvgIpc) is 2.16. The van der Waals surface area contributed by atoms with E-state index < -0.39 is 0 Å². The Hall–Kier alpha value is -0.740. The topological polar surface area (TPSA) is 32.3 Å². The number of hydrogen-bond acceptors (Lipinski definition) is 3. The Kier molecular flexibility index (Phi) is 2.65. The molecule has 0 fully saturated rings. The molecule has 0 bridgehead atoms. The molecule has 2 rings (SSSR count). The highest BCUT2D eigenvalue weighted by molar-refractivity contribution is 8.00. The third kappa shape index (κ3) is 1.72. The number of aliphatic hydroxyl groups is 1. The van der Waals surface area contributed by atoms with E-state index in [4.69, 9.17) is 5.11 Å². The van der Waals surface area contributed by atoms with E-state index in [1.165, 1.54) is 12.1 Å². The molecule has 1 aromatic carbocycles. The number of benzene rings is 1. The number of hydrogen-bond donors (Lipinski definition) is 2. The number of thioether (sulfide) groups is 1. The summed E-state index contributed by atoms with van der Waals surface area (Å²) in [7, 11) is 0. The molecule has 0 saturated heterocycles. The van der Waals surface area contributed by atoms with Crippen molar-refractivity contribution in [1.29, 1.82) is 0 Å². The SMILES string of the molecule is CC1Nc2cc(F)ccc2SC1CO. The number of anilines is 1. The van der Waals surface area contributed by atoms with Crippen LogP contribution in [0.4, 0.5) is 10.1 Å². The van der Waals surface area contributed by atoms with Crippen molar-refractivity contribution in [1.82, 2.24) is 0 Å². The summed E-state index contributed by atoms with van der Waals surface area (Å²) in [5.74, 6) is -0.230. The molecule has 0 aromatic heterocycles. The highest BCUT2D eigenvalue weighted by Crippen LogP contribution is 2.37. The highest BCUT2D eigenvalue weighted by Gasteiger charge is 2.24. The summed E-state index contributed by atoms with van der Waals surface area (Å²) in [6, 6.07) is 4.85. The van der Waals surface area contributed by atoms with Crippen molar-refractivity contribution in [3.8, 4) is 0 Å². The van der Waals surface area contributed by atoms with Gasteiger partial charge in [0.25, 0.3) is 0 Å². The first-order valence-corrected chi connectivity index (χ1v) is 5.42. The molecule has 14 heavy (non-hydrogen) atoms. The Morgan fingerprint density at radius 2 is 2.36 bits per heavy atom. The second kappa shape index (κ2) is 3.79. The molecule has 76 valence electrons. The lowest BCUT2D eigenvalue weighted by atomic mass is 10.2. The zero-order valence-electron chi connectivity index (χ0n) is 7.83. The summed E-state index contributed by atoms with van der Waals surface area (Å²) in [6.07, 6.45) is 0. The van der Waals surface area contributed by atoms with Crippen molar-refractivity contribution in [2.75, 3.05) is 11.9 Å². The third-order valence-electron chi connectivity index (χ3n) is 2.34. The first-order chi connectivity index (χ1) is 6.70. The molecule has 0 spiro atoms. The molecule has 2 N–H and O–H groups in total. The maximum Gasteiger partial charge on any atom is 0.125 e. The fourth-order valence-electron chi connectivity index (χ4n) is 1.52. The number of rotatable bonds is 1. The fraction of sp³-hybridized carbons (Fsp3) is 0.400. The van der Waals surface area contributed by atoms with Gasteiger partial charge in [-0.3, -0.25) is 0 Å². The first-order valence-electron chi connectivity index (χ1n) is 4.54. The zero-order valence-corrected chi connectivity index (χ0v) is 8.64. The van der Waals surface area contributed by atoms with Crippen molar-refractivity contribution < 1.29 is 9.50 Å². The summed E-state index contributed by atoms with van der Waals surface area (Å²) in [4.78, 5) is 1.00. The molecular weight excluding hydrogens is 201 g/mol. The van der Waals surface area contributed by atoms with Gasteiger partial charge in [-0.15, -0.1) is 11.8 Å². The zero-order chi connectivity index (χ0) is 10.1. The lowest BCUT2D eigenvalue weighted by Crippen LogP contribution is -2.34. The quantitative estimate of drug-likeness (QED) is 0.749. The van der Waals surface area contributed by atoms with Crippen molar-refractivity contribution in [2.45, 2.75) is 23.1 Å². The van der Waals surface area contributed by atoms with E-state index >= 15 is 0 Å². The van der Waals surface area contributed by atoms with Crippen LogP contribution >= 0.6 is 11.8 Å². The second-order valence-corrected chi connectivity index (χ2v) is 4.69. The standard InChI is InChI=1S/C10H12FNOS/c1-6-10(5-13)14-9-3-2-7(11)4-8(9)12-6/h2-4,6,10,12-13H,5H2,1H3. The van der Waals surface area contributed by atoms with Crippen molar-refractivity contribution >= 4 is 17.4 Å². The van der Waals surface area contributed by atoms with Crippen LogP contribution in [0.15, 0.2) is 23.1 Å². The van der Waals surface area contributed by atoms with Gasteiger partial charge in [0.2, 0.25) is 0 Å². The molecule has 0 radical (unpaired) electrons. The van der Waals surface area contributed by atoms with E-state index in [1.54, 1.807) is 17.8 Å². The van der Waals surface area contributed by atoms with E-state index in [0.29, 0.717) is 0 Å². The summed E-state index contributed by atoms with van der Waals surface area (Å²) in [5.41, 5.74) is 0.826. The average molecular weight is 213 g/mol. The van der Waals surface area contributed by atoms with Crippen LogP contribution in [0.5, 0.6) is 0 Å². The van der Waals surface area contributed by atoms with E-state index in [0.717, 1.165) is 10.6 Å². The lowest BCUT2D eigenvalue weighted by molar-refractivity contribution is 0.287. The molecule has 1 aliphatic rings. The van der Waals surface area contributed by atoms with Gasteiger partial charge in [-0.25, -0.2) is 4.39 Å². The summed E-state index contributed by atoms with van der Waals surface area (Å²) >= 11 is 1.59. The molecule has 1 heterocycles. The smallest absolute Gasteiger partial charge is 0.125 e. The molecule has 4 heteroatoms. The molecule has 0 aliphatic carbocycles. The predicted molar refractivity (Wildman–Crippen MR) is 56.2 cm³/mol. The van der Waals surface area contributed by atoms with Crippen LogP contribution in [0.1, 0.15) is 6.92 Å². The fourth-order valence-corrected chi connectivity index (χ4v) is 2.58. The van der Waals surface area contributed by atoms with Crippen LogP contribution in [0.3, 0.4) is 0 Å². The van der Waals surface area contributed by atoms with Crippen LogP contribution < -0.4 is 5.32 Å². The highest BCUT2D eigenvalue weighted by atomic mass is 32.2. The summed E-state index contributed by atoms with van der Waals surface area (Å²) in [5, 5.41) is 12.4. The Morgan fingerprint density at radius 1 is 1.57 bits per heavy atom. The molecular formula is C10H12FNOS. The molecule has 1 aliphatic heterocycles. The lowest BCUT2D eigenvalue weighted by Gasteiger charge is -2.30. The number of fused-ring (bicyclic) bond motifs is 1. The molecule has 2 nitrogen and oxygen atoms in total. The van der Waals surface area contributed by atoms with Crippen molar-refractivity contribution in [3.63, 3.8) is 0 Å². The Labute approximate surface area is 86.5 Å². The second-order valence-electron chi connectivity index (χ2n) is 3.41. The van der Waals surface area contributed by atoms with E-state index in [-0.39, 0.29) is 23.7 Å². The monoisotopic (exact) mass is 213 g/mol. The van der Waals surface area contributed by atoms with Gasteiger partial charge in [-0.1, -0.05) is 0 Å².